The number of nitrogens with two attached hydrogens (primary N) is 1. The number of nitro groups is 1. The normalized spacial score (nSPS) is 10.3. The van der Waals surface area contributed by atoms with Gasteiger partial charge >= 0.3 is 0 Å². The van der Waals surface area contributed by atoms with Gasteiger partial charge in [-0.2, -0.15) is 0 Å². The minimum absolute atomic E-state index is 0.0248. The number of nitro benzene ring substituents is 1. The van der Waals surface area contributed by atoms with E-state index in [1.54, 1.807) is 0 Å². The standard InChI is InChI=1S/C12H10FN3O4/c13-9-5-7(16(18)19)1-3-10(9)15-12(17)11-4-2-8(6-14)20-11/h1-5H,6,14H2,(H,15,17). The number of hydrogen-bond donors (Lipinski definition) is 2. The summed E-state index contributed by atoms with van der Waals surface area (Å²) in [5.41, 5.74) is 4.76. The summed E-state index contributed by atoms with van der Waals surface area (Å²) in [6, 6.07) is 5.86. The van der Waals surface area contributed by atoms with Crippen LogP contribution in [0.15, 0.2) is 34.7 Å². The topological polar surface area (TPSA) is 111 Å². The van der Waals surface area contributed by atoms with Crippen LogP contribution >= 0.6 is 0 Å². The first kappa shape index (κ1) is 13.7. The predicted molar refractivity (Wildman–Crippen MR) is 67.6 cm³/mol. The molecule has 0 aliphatic heterocycles. The van der Waals surface area contributed by atoms with Crippen molar-refractivity contribution in [3.63, 3.8) is 0 Å². The van der Waals surface area contributed by atoms with Gasteiger partial charge < -0.3 is 15.5 Å². The number of anilines is 1. The first-order valence-electron chi connectivity index (χ1n) is 5.55. The molecule has 20 heavy (non-hydrogen) atoms. The maximum absolute atomic E-state index is 13.6. The Bertz CT molecular complexity index is 668. The summed E-state index contributed by atoms with van der Waals surface area (Å²) in [5.74, 6) is -1.18. The minimum Gasteiger partial charge on any atom is -0.455 e. The van der Waals surface area contributed by atoms with E-state index in [9.17, 15) is 19.3 Å². The van der Waals surface area contributed by atoms with Crippen LogP contribution in [0.2, 0.25) is 0 Å². The molecule has 0 unspecified atom stereocenters. The lowest BCUT2D eigenvalue weighted by Crippen LogP contribution is -2.12. The van der Waals surface area contributed by atoms with Gasteiger partial charge in [0.05, 0.1) is 23.2 Å². The van der Waals surface area contributed by atoms with Crippen molar-refractivity contribution in [2.45, 2.75) is 6.54 Å². The molecule has 1 amide bonds. The Morgan fingerprint density at radius 3 is 2.70 bits per heavy atom. The zero-order valence-electron chi connectivity index (χ0n) is 10.1. The van der Waals surface area contributed by atoms with Gasteiger partial charge in [-0.1, -0.05) is 0 Å². The smallest absolute Gasteiger partial charge is 0.291 e. The molecule has 0 saturated heterocycles. The highest BCUT2D eigenvalue weighted by atomic mass is 19.1. The Morgan fingerprint density at radius 2 is 2.15 bits per heavy atom. The summed E-state index contributed by atoms with van der Waals surface area (Å²) in [5, 5.41) is 12.7. The van der Waals surface area contributed by atoms with Crippen LogP contribution in [0.25, 0.3) is 0 Å². The van der Waals surface area contributed by atoms with E-state index in [4.69, 9.17) is 10.2 Å². The highest BCUT2D eigenvalue weighted by molar-refractivity contribution is 6.02. The second kappa shape index (κ2) is 5.49. The van der Waals surface area contributed by atoms with Crippen LogP contribution in [-0.2, 0) is 6.54 Å². The summed E-state index contributed by atoms with van der Waals surface area (Å²) < 4.78 is 18.7. The summed E-state index contributed by atoms with van der Waals surface area (Å²) in [7, 11) is 0. The fraction of sp³-hybridized carbons (Fsp3) is 0.0833. The molecule has 1 heterocycles. The van der Waals surface area contributed by atoms with Crippen molar-refractivity contribution in [3.8, 4) is 0 Å². The number of nitrogens with one attached hydrogen (secondary N) is 1. The van der Waals surface area contributed by atoms with Gasteiger partial charge in [0.1, 0.15) is 5.76 Å². The Labute approximate surface area is 112 Å². The fourth-order valence-electron chi connectivity index (χ4n) is 1.51. The summed E-state index contributed by atoms with van der Waals surface area (Å²) in [6.07, 6.45) is 0. The van der Waals surface area contributed by atoms with Gasteiger partial charge in [0, 0.05) is 6.07 Å². The molecular weight excluding hydrogens is 269 g/mol. The number of nitrogens with zero attached hydrogens (tertiary/aromatic N) is 1. The highest BCUT2D eigenvalue weighted by Gasteiger charge is 2.15. The number of furan rings is 1. The van der Waals surface area contributed by atoms with Crippen LogP contribution in [0, 0.1) is 15.9 Å². The largest absolute Gasteiger partial charge is 0.455 e. The molecule has 0 saturated carbocycles. The monoisotopic (exact) mass is 279 g/mol. The van der Waals surface area contributed by atoms with E-state index in [1.807, 2.05) is 0 Å². The number of non-ortho nitro benzene ring substituents is 1. The van der Waals surface area contributed by atoms with Crippen molar-refractivity contribution in [2.24, 2.45) is 5.73 Å². The van der Waals surface area contributed by atoms with Crippen molar-refractivity contribution >= 4 is 17.3 Å². The molecule has 1 aromatic carbocycles. The number of amides is 1. The second-order valence-corrected chi connectivity index (χ2v) is 3.85. The van der Waals surface area contributed by atoms with E-state index in [1.165, 1.54) is 12.1 Å². The van der Waals surface area contributed by atoms with E-state index < -0.39 is 22.3 Å². The van der Waals surface area contributed by atoms with Crippen LogP contribution in [0.1, 0.15) is 16.3 Å². The molecule has 0 aliphatic rings. The number of hydrogen-bond acceptors (Lipinski definition) is 5. The summed E-state index contributed by atoms with van der Waals surface area (Å²) >= 11 is 0. The van der Waals surface area contributed by atoms with E-state index in [-0.39, 0.29) is 18.0 Å². The van der Waals surface area contributed by atoms with Crippen LogP contribution < -0.4 is 11.1 Å². The average Bonchev–Trinajstić information content (AvgIpc) is 2.89. The Kier molecular flexibility index (Phi) is 3.76. The van der Waals surface area contributed by atoms with E-state index in [0.29, 0.717) is 5.76 Å². The van der Waals surface area contributed by atoms with Crippen molar-refractivity contribution in [2.75, 3.05) is 5.32 Å². The zero-order chi connectivity index (χ0) is 14.7. The first-order chi connectivity index (χ1) is 9.51. The lowest BCUT2D eigenvalue weighted by molar-refractivity contribution is -0.385. The number of carbonyl (C=O) groups excluding carboxylic acids is 1. The van der Waals surface area contributed by atoms with Crippen LogP contribution in [0.3, 0.4) is 0 Å². The zero-order valence-corrected chi connectivity index (χ0v) is 10.1. The molecule has 0 spiro atoms. The molecule has 0 atom stereocenters. The SMILES string of the molecule is NCc1ccc(C(=O)Nc2ccc([N+](=O)[O-])cc2F)o1. The van der Waals surface area contributed by atoms with Gasteiger partial charge in [0.2, 0.25) is 0 Å². The number of carbonyl (C=O) groups is 1. The van der Waals surface area contributed by atoms with E-state index in [2.05, 4.69) is 5.32 Å². The molecule has 104 valence electrons. The van der Waals surface area contributed by atoms with Gasteiger partial charge in [-0.15, -0.1) is 0 Å². The third-order valence-corrected chi connectivity index (χ3v) is 2.50. The summed E-state index contributed by atoms with van der Waals surface area (Å²) in [4.78, 5) is 21.5. The molecule has 0 fully saturated rings. The van der Waals surface area contributed by atoms with Crippen LogP contribution in [-0.4, -0.2) is 10.8 Å². The number of halogens is 1. The molecule has 8 heteroatoms. The van der Waals surface area contributed by atoms with Crippen molar-refractivity contribution < 1.29 is 18.5 Å². The minimum atomic E-state index is -0.904. The third-order valence-electron chi connectivity index (χ3n) is 2.50. The van der Waals surface area contributed by atoms with Gasteiger partial charge in [-0.25, -0.2) is 4.39 Å². The quantitative estimate of drug-likeness (QED) is 0.657. The maximum Gasteiger partial charge on any atom is 0.291 e. The molecule has 3 N–H and O–H groups in total. The molecule has 2 aromatic rings. The molecular formula is C12H10FN3O4. The van der Waals surface area contributed by atoms with Gasteiger partial charge in [0.25, 0.3) is 11.6 Å². The molecule has 0 bridgehead atoms. The lowest BCUT2D eigenvalue weighted by Gasteiger charge is -2.04. The van der Waals surface area contributed by atoms with Crippen molar-refractivity contribution in [3.05, 3.63) is 57.8 Å². The Balaban J connectivity index is 2.17. The Hall–Kier alpha value is -2.74. The second-order valence-electron chi connectivity index (χ2n) is 3.85. The van der Waals surface area contributed by atoms with Gasteiger partial charge in [-0.05, 0) is 18.2 Å². The molecule has 0 aliphatic carbocycles. The third kappa shape index (κ3) is 2.81. The fourth-order valence-corrected chi connectivity index (χ4v) is 1.51. The van der Waals surface area contributed by atoms with Crippen molar-refractivity contribution in [1.29, 1.82) is 0 Å². The number of rotatable bonds is 4. The highest BCUT2D eigenvalue weighted by Crippen LogP contribution is 2.21. The average molecular weight is 279 g/mol. The van der Waals surface area contributed by atoms with Crippen LogP contribution in [0.5, 0.6) is 0 Å². The number of benzene rings is 1. The molecule has 2 rings (SSSR count). The van der Waals surface area contributed by atoms with Gasteiger partial charge in [-0.3, -0.25) is 14.9 Å². The lowest BCUT2D eigenvalue weighted by atomic mass is 10.2. The van der Waals surface area contributed by atoms with E-state index >= 15 is 0 Å². The predicted octanol–water partition coefficient (Wildman–Crippen LogP) is 2.04. The molecule has 7 nitrogen and oxygen atoms in total. The Morgan fingerprint density at radius 1 is 1.40 bits per heavy atom. The first-order valence-corrected chi connectivity index (χ1v) is 5.55. The van der Waals surface area contributed by atoms with Gasteiger partial charge in [0.15, 0.2) is 11.6 Å². The van der Waals surface area contributed by atoms with Crippen LogP contribution in [0.4, 0.5) is 15.8 Å². The summed E-state index contributed by atoms with van der Waals surface area (Å²) in [6.45, 7) is 0.138. The molecule has 0 radical (unpaired) electrons. The van der Waals surface area contributed by atoms with Crippen molar-refractivity contribution in [1.82, 2.24) is 0 Å². The maximum atomic E-state index is 13.6. The van der Waals surface area contributed by atoms with E-state index in [0.717, 1.165) is 18.2 Å². The molecule has 1 aromatic heterocycles.